The van der Waals surface area contributed by atoms with Gasteiger partial charge in [-0.1, -0.05) is 19.1 Å². The molecule has 1 heterocycles. The van der Waals surface area contributed by atoms with Crippen molar-refractivity contribution >= 4 is 35.9 Å². The van der Waals surface area contributed by atoms with Crippen molar-refractivity contribution in [3.63, 3.8) is 0 Å². The highest BCUT2D eigenvalue weighted by Crippen LogP contribution is 2.11. The molecule has 0 radical (unpaired) electrons. The van der Waals surface area contributed by atoms with Crippen LogP contribution in [0.15, 0.2) is 24.3 Å². The van der Waals surface area contributed by atoms with E-state index in [0.29, 0.717) is 5.69 Å². The molecule has 8 heteroatoms. The number of urea groups is 1. The second-order valence-corrected chi connectivity index (χ2v) is 4.74. The van der Waals surface area contributed by atoms with Gasteiger partial charge in [0, 0.05) is 12.2 Å². The Morgan fingerprint density at radius 2 is 2.14 bits per heavy atom. The van der Waals surface area contributed by atoms with Crippen LogP contribution in [-0.4, -0.2) is 42.4 Å². The fraction of sp³-hybridized carbons (Fsp3) is 0.357. The molecule has 0 bridgehead atoms. The zero-order valence-electron chi connectivity index (χ0n) is 12.2. The summed E-state index contributed by atoms with van der Waals surface area (Å²) in [6.07, 6.45) is 0. The molecule has 2 rings (SSSR count). The number of anilines is 1. The second kappa shape index (κ2) is 8.35. The van der Waals surface area contributed by atoms with E-state index in [9.17, 15) is 14.4 Å². The maximum atomic E-state index is 11.9. The Kier molecular flexibility index (Phi) is 6.81. The van der Waals surface area contributed by atoms with Gasteiger partial charge in [-0.25, -0.2) is 4.79 Å². The lowest BCUT2D eigenvalue weighted by atomic mass is 10.2. The molecule has 0 aliphatic carbocycles. The van der Waals surface area contributed by atoms with E-state index in [2.05, 4.69) is 16.0 Å². The summed E-state index contributed by atoms with van der Waals surface area (Å²) in [5, 5.41) is 8.05. The predicted molar refractivity (Wildman–Crippen MR) is 84.8 cm³/mol. The largest absolute Gasteiger partial charge is 0.325 e. The third-order valence-corrected chi connectivity index (χ3v) is 2.99. The highest BCUT2D eigenvalue weighted by molar-refractivity contribution is 6.04. The van der Waals surface area contributed by atoms with Crippen molar-refractivity contribution in [2.75, 3.05) is 25.0 Å². The zero-order valence-corrected chi connectivity index (χ0v) is 13.0. The Bertz CT molecular complexity index is 565. The van der Waals surface area contributed by atoms with Gasteiger partial charge in [0.1, 0.15) is 13.1 Å². The molecule has 0 spiro atoms. The first-order valence-corrected chi connectivity index (χ1v) is 6.76. The second-order valence-electron chi connectivity index (χ2n) is 4.74. The van der Waals surface area contributed by atoms with Gasteiger partial charge >= 0.3 is 6.03 Å². The van der Waals surface area contributed by atoms with E-state index in [1.165, 1.54) is 4.90 Å². The van der Waals surface area contributed by atoms with Gasteiger partial charge in [-0.05, 0) is 24.2 Å². The number of carbonyl (C=O) groups is 3. The number of carbonyl (C=O) groups excluding carboxylic acids is 3. The molecule has 1 aromatic rings. The Morgan fingerprint density at radius 3 is 2.77 bits per heavy atom. The number of hydrogen-bond acceptors (Lipinski definition) is 4. The smallest absolute Gasteiger partial charge is 0.325 e. The summed E-state index contributed by atoms with van der Waals surface area (Å²) in [6, 6.07) is 6.94. The van der Waals surface area contributed by atoms with Gasteiger partial charge in [-0.3, -0.25) is 14.9 Å². The Balaban J connectivity index is 0.00000242. The van der Waals surface area contributed by atoms with Crippen molar-refractivity contribution < 1.29 is 14.4 Å². The monoisotopic (exact) mass is 326 g/mol. The molecule has 1 saturated heterocycles. The molecular weight excluding hydrogens is 308 g/mol. The van der Waals surface area contributed by atoms with Crippen LogP contribution in [0.1, 0.15) is 12.5 Å². The third-order valence-electron chi connectivity index (χ3n) is 2.99. The van der Waals surface area contributed by atoms with Gasteiger partial charge in [0.25, 0.3) is 0 Å². The van der Waals surface area contributed by atoms with Gasteiger partial charge in [0.2, 0.25) is 11.8 Å². The van der Waals surface area contributed by atoms with E-state index < -0.39 is 6.03 Å². The first-order chi connectivity index (χ1) is 10.1. The van der Waals surface area contributed by atoms with Gasteiger partial charge in [0.15, 0.2) is 0 Å². The lowest BCUT2D eigenvalue weighted by molar-refractivity contribution is -0.119. The van der Waals surface area contributed by atoms with Gasteiger partial charge < -0.3 is 15.5 Å². The van der Waals surface area contributed by atoms with E-state index >= 15 is 0 Å². The Hall–Kier alpha value is -2.12. The van der Waals surface area contributed by atoms with Crippen molar-refractivity contribution in [2.45, 2.75) is 13.5 Å². The van der Waals surface area contributed by atoms with E-state index in [-0.39, 0.29) is 37.3 Å². The molecule has 22 heavy (non-hydrogen) atoms. The van der Waals surface area contributed by atoms with Crippen LogP contribution >= 0.6 is 12.4 Å². The minimum atomic E-state index is -0.531. The van der Waals surface area contributed by atoms with E-state index in [4.69, 9.17) is 0 Å². The van der Waals surface area contributed by atoms with Crippen LogP contribution in [0.2, 0.25) is 0 Å². The molecule has 1 aromatic carbocycles. The van der Waals surface area contributed by atoms with Crippen LogP contribution in [0.5, 0.6) is 0 Å². The fourth-order valence-electron chi connectivity index (χ4n) is 2.01. The molecule has 1 fully saturated rings. The van der Waals surface area contributed by atoms with Crippen LogP contribution in [-0.2, 0) is 16.1 Å². The molecule has 0 unspecified atom stereocenters. The van der Waals surface area contributed by atoms with Crippen LogP contribution in [0.25, 0.3) is 0 Å². The molecule has 3 N–H and O–H groups in total. The average molecular weight is 327 g/mol. The van der Waals surface area contributed by atoms with E-state index in [1.807, 2.05) is 25.1 Å². The van der Waals surface area contributed by atoms with Crippen molar-refractivity contribution in [3.8, 4) is 0 Å². The summed E-state index contributed by atoms with van der Waals surface area (Å²) >= 11 is 0. The van der Waals surface area contributed by atoms with Gasteiger partial charge in [-0.15, -0.1) is 12.4 Å². The molecule has 0 atom stereocenters. The molecular formula is C14H19ClN4O3. The maximum absolute atomic E-state index is 11.9. The summed E-state index contributed by atoms with van der Waals surface area (Å²) < 4.78 is 0. The van der Waals surface area contributed by atoms with Crippen molar-refractivity contribution in [1.29, 1.82) is 0 Å². The molecule has 0 saturated carbocycles. The van der Waals surface area contributed by atoms with Crippen molar-refractivity contribution in [1.82, 2.24) is 15.5 Å². The number of imide groups is 1. The molecule has 1 aliphatic rings. The van der Waals surface area contributed by atoms with Crippen LogP contribution in [0.4, 0.5) is 10.5 Å². The summed E-state index contributed by atoms with van der Waals surface area (Å²) in [4.78, 5) is 35.4. The van der Waals surface area contributed by atoms with Crippen LogP contribution in [0.3, 0.4) is 0 Å². The normalized spacial score (nSPS) is 13.6. The van der Waals surface area contributed by atoms with Gasteiger partial charge in [-0.2, -0.15) is 0 Å². The third kappa shape index (κ3) is 5.01. The summed E-state index contributed by atoms with van der Waals surface area (Å²) in [5.41, 5.74) is 1.73. The molecule has 0 aromatic heterocycles. The Labute approximate surface area is 134 Å². The first-order valence-electron chi connectivity index (χ1n) is 6.76. The number of nitrogens with zero attached hydrogens (tertiary/aromatic N) is 1. The first kappa shape index (κ1) is 17.9. The van der Waals surface area contributed by atoms with Crippen molar-refractivity contribution in [2.24, 2.45) is 0 Å². The quantitative estimate of drug-likeness (QED) is 0.671. The number of amides is 4. The number of halogens is 1. The fourth-order valence-corrected chi connectivity index (χ4v) is 2.01. The van der Waals surface area contributed by atoms with Crippen LogP contribution in [0, 0.1) is 0 Å². The Morgan fingerprint density at radius 1 is 1.36 bits per heavy atom. The highest BCUT2D eigenvalue weighted by atomic mass is 35.5. The standard InChI is InChI=1S/C14H18N4O3.ClH/c1-2-15-7-10-4-3-5-11(6-10)16-12(19)8-18-9-13(20)17-14(18)21;/h3-6,15H,2,7-9H2,1H3,(H,16,19)(H,17,20,21);1H. The lowest BCUT2D eigenvalue weighted by Gasteiger charge is -2.13. The molecule has 7 nitrogen and oxygen atoms in total. The molecule has 4 amide bonds. The van der Waals surface area contributed by atoms with E-state index in [1.54, 1.807) is 6.07 Å². The maximum Gasteiger partial charge on any atom is 0.325 e. The minimum absolute atomic E-state index is 0. The van der Waals surface area contributed by atoms with Crippen LogP contribution < -0.4 is 16.0 Å². The van der Waals surface area contributed by atoms with Gasteiger partial charge in [0.05, 0.1) is 0 Å². The summed E-state index contributed by atoms with van der Waals surface area (Å²) in [7, 11) is 0. The SMILES string of the molecule is CCNCc1cccc(NC(=O)CN2CC(=O)NC2=O)c1.Cl. The van der Waals surface area contributed by atoms with Crippen molar-refractivity contribution in [3.05, 3.63) is 29.8 Å². The summed E-state index contributed by atoms with van der Waals surface area (Å²) in [6.45, 7) is 3.40. The number of hydrogen-bond donors (Lipinski definition) is 3. The number of nitrogens with one attached hydrogen (secondary N) is 3. The highest BCUT2D eigenvalue weighted by Gasteiger charge is 2.28. The average Bonchev–Trinajstić information content (AvgIpc) is 2.75. The predicted octanol–water partition coefficient (Wildman–Crippen LogP) is 0.708. The number of benzene rings is 1. The van der Waals surface area contributed by atoms with E-state index in [0.717, 1.165) is 18.7 Å². The molecule has 1 aliphatic heterocycles. The molecule has 120 valence electrons. The topological polar surface area (TPSA) is 90.5 Å². The lowest BCUT2D eigenvalue weighted by Crippen LogP contribution is -2.35. The minimum Gasteiger partial charge on any atom is -0.325 e. The number of rotatable bonds is 6. The summed E-state index contributed by atoms with van der Waals surface area (Å²) in [5.74, 6) is -0.721. The zero-order chi connectivity index (χ0) is 15.2.